The zero-order valence-electron chi connectivity index (χ0n) is 9.28. The van der Waals surface area contributed by atoms with Gasteiger partial charge in [0.1, 0.15) is 6.29 Å². The van der Waals surface area contributed by atoms with Gasteiger partial charge >= 0.3 is 0 Å². The minimum Gasteiger partial charge on any atom is -0.315 e. The summed E-state index contributed by atoms with van der Waals surface area (Å²) < 4.78 is 0. The minimum absolute atomic E-state index is 0.0313. The number of nitrogens with zero attached hydrogens (tertiary/aromatic N) is 1. The summed E-state index contributed by atoms with van der Waals surface area (Å²) in [6, 6.07) is 4.15. The lowest BCUT2D eigenvalue weighted by Gasteiger charge is -2.37. The van der Waals surface area contributed by atoms with Gasteiger partial charge in [-0.3, -0.25) is 4.98 Å². The molecule has 0 bridgehead atoms. The van der Waals surface area contributed by atoms with Crippen molar-refractivity contribution in [3.63, 3.8) is 0 Å². The summed E-state index contributed by atoms with van der Waals surface area (Å²) in [5, 5.41) is 3.37. The molecular weight excluding hydrogens is 200 g/mol. The van der Waals surface area contributed by atoms with Crippen LogP contribution in [0.3, 0.4) is 0 Å². The lowest BCUT2D eigenvalue weighted by atomic mass is 9.66. The molecule has 3 rings (SSSR count). The van der Waals surface area contributed by atoms with Crippen LogP contribution in [0, 0.1) is 5.92 Å². The van der Waals surface area contributed by atoms with Crippen molar-refractivity contribution in [2.24, 2.45) is 5.92 Å². The van der Waals surface area contributed by atoms with E-state index in [0.717, 1.165) is 38.6 Å². The number of fused-ring (bicyclic) bond motifs is 2. The normalized spacial score (nSPS) is 32.6. The zero-order chi connectivity index (χ0) is 11.0. The largest absolute Gasteiger partial charge is 0.315 e. The highest BCUT2D eigenvalue weighted by molar-refractivity contribution is 5.60. The van der Waals surface area contributed by atoms with Gasteiger partial charge in [0.25, 0.3) is 0 Å². The first-order chi connectivity index (χ1) is 7.87. The predicted molar refractivity (Wildman–Crippen MR) is 61.3 cm³/mol. The molecule has 1 fully saturated rings. The van der Waals surface area contributed by atoms with Gasteiger partial charge in [-0.25, -0.2) is 0 Å². The second-order valence-corrected chi connectivity index (χ2v) is 4.88. The molecule has 1 aliphatic heterocycles. The van der Waals surface area contributed by atoms with Crippen LogP contribution in [0.4, 0.5) is 0 Å². The highest BCUT2D eigenvalue weighted by Crippen LogP contribution is 2.43. The fraction of sp³-hybridized carbons (Fsp3) is 0.538. The van der Waals surface area contributed by atoms with E-state index in [9.17, 15) is 4.79 Å². The maximum absolute atomic E-state index is 11.2. The molecule has 0 amide bonds. The van der Waals surface area contributed by atoms with E-state index in [4.69, 9.17) is 0 Å². The quantitative estimate of drug-likeness (QED) is 0.714. The van der Waals surface area contributed by atoms with E-state index in [1.807, 2.05) is 12.3 Å². The SMILES string of the molecule is O=C[C@@H]1CNC[C@]12CCCc1ncccc12. The number of aldehydes is 1. The molecule has 2 atom stereocenters. The molecule has 0 saturated carbocycles. The van der Waals surface area contributed by atoms with E-state index in [1.54, 1.807) is 0 Å². The van der Waals surface area contributed by atoms with E-state index in [0.29, 0.717) is 0 Å². The number of aryl methyl sites for hydroxylation is 1. The number of hydrogen-bond donors (Lipinski definition) is 1. The van der Waals surface area contributed by atoms with Crippen molar-refractivity contribution < 1.29 is 4.79 Å². The molecule has 0 unspecified atom stereocenters. The lowest BCUT2D eigenvalue weighted by molar-refractivity contribution is -0.112. The van der Waals surface area contributed by atoms with Crippen LogP contribution in [0.1, 0.15) is 24.1 Å². The van der Waals surface area contributed by atoms with Gasteiger partial charge < -0.3 is 10.1 Å². The Bertz CT molecular complexity index is 418. The van der Waals surface area contributed by atoms with Crippen molar-refractivity contribution in [2.75, 3.05) is 13.1 Å². The zero-order valence-corrected chi connectivity index (χ0v) is 9.28. The van der Waals surface area contributed by atoms with Crippen LogP contribution >= 0.6 is 0 Å². The molecule has 2 aliphatic rings. The van der Waals surface area contributed by atoms with Gasteiger partial charge in [-0.05, 0) is 30.9 Å². The van der Waals surface area contributed by atoms with E-state index in [-0.39, 0.29) is 11.3 Å². The number of carbonyl (C=O) groups excluding carboxylic acids is 1. The molecule has 1 aromatic rings. The van der Waals surface area contributed by atoms with Crippen LogP contribution in [0.2, 0.25) is 0 Å². The average Bonchev–Trinajstić information content (AvgIpc) is 2.73. The van der Waals surface area contributed by atoms with Gasteiger partial charge in [-0.2, -0.15) is 0 Å². The fourth-order valence-corrected chi connectivity index (χ4v) is 3.32. The molecule has 2 heterocycles. The first-order valence-electron chi connectivity index (χ1n) is 5.97. The average molecular weight is 216 g/mol. The van der Waals surface area contributed by atoms with E-state index < -0.39 is 0 Å². The van der Waals surface area contributed by atoms with Gasteiger partial charge in [-0.1, -0.05) is 6.07 Å². The Kier molecular flexibility index (Phi) is 2.28. The third-order valence-electron chi connectivity index (χ3n) is 4.14. The molecule has 0 aromatic carbocycles. The highest BCUT2D eigenvalue weighted by Gasteiger charge is 2.46. The number of pyridine rings is 1. The van der Waals surface area contributed by atoms with Crippen molar-refractivity contribution in [1.82, 2.24) is 10.3 Å². The maximum atomic E-state index is 11.2. The Morgan fingerprint density at radius 3 is 3.38 bits per heavy atom. The smallest absolute Gasteiger partial charge is 0.125 e. The Hall–Kier alpha value is -1.22. The number of hydrogen-bond acceptors (Lipinski definition) is 3. The van der Waals surface area contributed by atoms with Gasteiger partial charge in [0.15, 0.2) is 0 Å². The molecule has 16 heavy (non-hydrogen) atoms. The Labute approximate surface area is 95.3 Å². The number of carbonyl (C=O) groups is 1. The molecule has 1 N–H and O–H groups in total. The molecule has 1 spiro atoms. The van der Waals surface area contributed by atoms with Crippen molar-refractivity contribution >= 4 is 6.29 Å². The highest BCUT2D eigenvalue weighted by atomic mass is 16.1. The van der Waals surface area contributed by atoms with E-state index in [1.165, 1.54) is 11.3 Å². The lowest BCUT2D eigenvalue weighted by Crippen LogP contribution is -2.39. The van der Waals surface area contributed by atoms with Crippen molar-refractivity contribution in [3.8, 4) is 0 Å². The molecule has 3 heteroatoms. The Morgan fingerprint density at radius 2 is 2.50 bits per heavy atom. The Morgan fingerprint density at radius 1 is 1.56 bits per heavy atom. The molecule has 1 aliphatic carbocycles. The number of rotatable bonds is 1. The topological polar surface area (TPSA) is 42.0 Å². The number of aromatic nitrogens is 1. The Balaban J connectivity index is 2.12. The summed E-state index contributed by atoms with van der Waals surface area (Å²) in [7, 11) is 0. The van der Waals surface area contributed by atoms with Gasteiger partial charge in [-0.15, -0.1) is 0 Å². The predicted octanol–water partition coefficient (Wildman–Crippen LogP) is 1.07. The van der Waals surface area contributed by atoms with Gasteiger partial charge in [0.2, 0.25) is 0 Å². The first-order valence-corrected chi connectivity index (χ1v) is 5.97. The fourth-order valence-electron chi connectivity index (χ4n) is 3.32. The number of nitrogens with one attached hydrogen (secondary N) is 1. The van der Waals surface area contributed by atoms with Gasteiger partial charge in [0.05, 0.1) is 0 Å². The monoisotopic (exact) mass is 216 g/mol. The van der Waals surface area contributed by atoms with E-state index in [2.05, 4.69) is 16.4 Å². The van der Waals surface area contributed by atoms with Crippen LogP contribution in [0.25, 0.3) is 0 Å². The molecular formula is C13H16N2O. The molecule has 84 valence electrons. The van der Waals surface area contributed by atoms with Crippen molar-refractivity contribution in [3.05, 3.63) is 29.6 Å². The summed E-state index contributed by atoms with van der Waals surface area (Å²) in [5.41, 5.74) is 2.54. The van der Waals surface area contributed by atoms with Crippen LogP contribution in [0.15, 0.2) is 18.3 Å². The molecule has 1 aromatic heterocycles. The second-order valence-electron chi connectivity index (χ2n) is 4.88. The summed E-state index contributed by atoms with van der Waals surface area (Å²) in [6.07, 6.45) is 6.31. The molecule has 3 nitrogen and oxygen atoms in total. The van der Waals surface area contributed by atoms with Crippen LogP contribution in [-0.4, -0.2) is 24.4 Å². The van der Waals surface area contributed by atoms with E-state index >= 15 is 0 Å². The summed E-state index contributed by atoms with van der Waals surface area (Å²) in [5.74, 6) is 0.121. The third-order valence-corrected chi connectivity index (χ3v) is 4.14. The van der Waals surface area contributed by atoms with Gasteiger partial charge in [0, 0.05) is 36.3 Å². The summed E-state index contributed by atoms with van der Waals surface area (Å²) >= 11 is 0. The standard InChI is InChI=1S/C13H16N2O/c16-8-10-7-14-9-13(10)5-1-4-12-11(13)3-2-6-15-12/h2-3,6,8,10,14H,1,4-5,7,9H2/t10-,13+/m0/s1. The van der Waals surface area contributed by atoms with Crippen LogP contribution in [0.5, 0.6) is 0 Å². The van der Waals surface area contributed by atoms with Crippen LogP contribution in [-0.2, 0) is 16.6 Å². The molecule has 0 radical (unpaired) electrons. The van der Waals surface area contributed by atoms with Crippen LogP contribution < -0.4 is 5.32 Å². The first kappa shape index (κ1) is 9.97. The molecule has 1 saturated heterocycles. The van der Waals surface area contributed by atoms with Crippen molar-refractivity contribution in [2.45, 2.75) is 24.7 Å². The minimum atomic E-state index is 0.0313. The maximum Gasteiger partial charge on any atom is 0.125 e. The van der Waals surface area contributed by atoms with Crippen molar-refractivity contribution in [1.29, 1.82) is 0 Å². The summed E-state index contributed by atoms with van der Waals surface area (Å²) in [4.78, 5) is 15.7. The summed E-state index contributed by atoms with van der Waals surface area (Å²) in [6.45, 7) is 1.74. The second kappa shape index (κ2) is 3.67. The third kappa shape index (κ3) is 1.24.